The molecule has 0 amide bonds. The maximum absolute atomic E-state index is 6.01. The van der Waals surface area contributed by atoms with E-state index in [0.29, 0.717) is 0 Å². The molecule has 1 aliphatic heterocycles. The van der Waals surface area contributed by atoms with Gasteiger partial charge in [0.2, 0.25) is 0 Å². The van der Waals surface area contributed by atoms with Gasteiger partial charge >= 0.3 is 0 Å². The largest absolute Gasteiger partial charge is 0.354 e. The number of rotatable bonds is 0. The summed E-state index contributed by atoms with van der Waals surface area (Å²) >= 11 is 7.85. The minimum absolute atomic E-state index is 0.770. The van der Waals surface area contributed by atoms with Crippen molar-refractivity contribution < 1.29 is 0 Å². The molecule has 0 fully saturated rings. The van der Waals surface area contributed by atoms with Gasteiger partial charge in [-0.15, -0.1) is 11.8 Å². The van der Waals surface area contributed by atoms with Crippen LogP contribution in [0.4, 0.5) is 11.4 Å². The van der Waals surface area contributed by atoms with Gasteiger partial charge in [0, 0.05) is 21.4 Å². The molecule has 1 N–H and O–H groups in total. The molecule has 0 aromatic heterocycles. The van der Waals surface area contributed by atoms with Crippen LogP contribution in [0, 0.1) is 0 Å². The van der Waals surface area contributed by atoms with E-state index in [2.05, 4.69) is 29.6 Å². The van der Waals surface area contributed by atoms with Crippen molar-refractivity contribution in [1.82, 2.24) is 0 Å². The minimum atomic E-state index is 0.770. The van der Waals surface area contributed by atoms with E-state index in [1.807, 2.05) is 30.0 Å². The van der Waals surface area contributed by atoms with Crippen LogP contribution < -0.4 is 5.32 Å². The molecule has 0 saturated carbocycles. The molecule has 0 atom stereocenters. The van der Waals surface area contributed by atoms with Gasteiger partial charge in [0.1, 0.15) is 0 Å². The highest BCUT2D eigenvalue weighted by Gasteiger charge is 2.12. The van der Waals surface area contributed by atoms with Crippen LogP contribution in [0.1, 0.15) is 5.56 Å². The molecule has 1 aliphatic rings. The third kappa shape index (κ3) is 1.79. The first-order valence-corrected chi connectivity index (χ1v) is 6.46. The molecule has 16 heavy (non-hydrogen) atoms. The van der Waals surface area contributed by atoms with Crippen molar-refractivity contribution in [3.05, 3.63) is 53.1 Å². The van der Waals surface area contributed by atoms with Crippen molar-refractivity contribution in [2.24, 2.45) is 0 Å². The number of halogens is 1. The zero-order chi connectivity index (χ0) is 11.0. The van der Waals surface area contributed by atoms with E-state index < -0.39 is 0 Å². The number of para-hydroxylation sites is 1. The summed E-state index contributed by atoms with van der Waals surface area (Å²) in [6.07, 6.45) is 0. The van der Waals surface area contributed by atoms with Gasteiger partial charge < -0.3 is 5.32 Å². The van der Waals surface area contributed by atoms with Crippen LogP contribution in [-0.2, 0) is 5.75 Å². The number of nitrogens with one attached hydrogen (secondary N) is 1. The van der Waals surface area contributed by atoms with Gasteiger partial charge in [-0.3, -0.25) is 0 Å². The van der Waals surface area contributed by atoms with Crippen LogP contribution in [0.3, 0.4) is 0 Å². The monoisotopic (exact) mass is 247 g/mol. The Hall–Kier alpha value is -1.12. The van der Waals surface area contributed by atoms with E-state index in [0.717, 1.165) is 16.5 Å². The Kier molecular flexibility index (Phi) is 2.54. The number of fused-ring (bicyclic) bond motifs is 2. The molecule has 3 heteroatoms. The lowest BCUT2D eigenvalue weighted by Gasteiger charge is -2.08. The van der Waals surface area contributed by atoms with Gasteiger partial charge in [-0.25, -0.2) is 0 Å². The second-order valence-corrected chi connectivity index (χ2v) is 5.16. The predicted molar refractivity (Wildman–Crippen MR) is 70.7 cm³/mol. The topological polar surface area (TPSA) is 12.0 Å². The Morgan fingerprint density at radius 3 is 2.88 bits per heavy atom. The SMILES string of the molecule is Clc1ccc2c(c1)Nc1ccccc1CS2. The molecule has 0 bridgehead atoms. The molecule has 0 aliphatic carbocycles. The van der Waals surface area contributed by atoms with Crippen LogP contribution in [-0.4, -0.2) is 0 Å². The molecule has 0 saturated heterocycles. The highest BCUT2D eigenvalue weighted by atomic mass is 35.5. The van der Waals surface area contributed by atoms with Gasteiger partial charge in [-0.1, -0.05) is 29.8 Å². The standard InChI is InChI=1S/C13H10ClNS/c14-10-5-6-13-12(7-10)15-11-4-2-1-3-9(11)8-16-13/h1-7,15H,8H2. The zero-order valence-electron chi connectivity index (χ0n) is 8.53. The van der Waals surface area contributed by atoms with E-state index in [9.17, 15) is 0 Å². The van der Waals surface area contributed by atoms with Gasteiger partial charge in [0.25, 0.3) is 0 Å². The fourth-order valence-electron chi connectivity index (χ4n) is 1.79. The molecule has 0 unspecified atom stereocenters. The average molecular weight is 248 g/mol. The Labute approximate surface area is 104 Å². The van der Waals surface area contributed by atoms with Crippen LogP contribution in [0.15, 0.2) is 47.4 Å². The molecular formula is C13H10ClNS. The van der Waals surface area contributed by atoms with E-state index >= 15 is 0 Å². The number of hydrogen-bond donors (Lipinski definition) is 1. The predicted octanol–water partition coefficient (Wildman–Crippen LogP) is 4.69. The maximum atomic E-state index is 6.01. The van der Waals surface area contributed by atoms with Crippen molar-refractivity contribution in [2.45, 2.75) is 10.6 Å². The van der Waals surface area contributed by atoms with Crippen molar-refractivity contribution in [2.75, 3.05) is 5.32 Å². The normalized spacial score (nSPS) is 13.3. The van der Waals surface area contributed by atoms with E-state index in [4.69, 9.17) is 11.6 Å². The van der Waals surface area contributed by atoms with Crippen molar-refractivity contribution >= 4 is 34.7 Å². The summed E-state index contributed by atoms with van der Waals surface area (Å²) in [5.41, 5.74) is 3.61. The molecule has 1 heterocycles. The third-order valence-corrected chi connectivity index (χ3v) is 3.97. The van der Waals surface area contributed by atoms with Gasteiger partial charge in [-0.2, -0.15) is 0 Å². The van der Waals surface area contributed by atoms with Crippen LogP contribution in [0.2, 0.25) is 5.02 Å². The molecule has 80 valence electrons. The second kappa shape index (κ2) is 4.04. The molecule has 1 nitrogen and oxygen atoms in total. The summed E-state index contributed by atoms with van der Waals surface area (Å²) < 4.78 is 0. The molecule has 2 aromatic carbocycles. The van der Waals surface area contributed by atoms with Gasteiger partial charge in [0.05, 0.1) is 5.69 Å². The van der Waals surface area contributed by atoms with Gasteiger partial charge in [-0.05, 0) is 29.8 Å². The van der Waals surface area contributed by atoms with E-state index in [-0.39, 0.29) is 0 Å². The first-order valence-electron chi connectivity index (χ1n) is 5.10. The summed E-state index contributed by atoms with van der Waals surface area (Å²) in [7, 11) is 0. The Balaban J connectivity index is 2.10. The number of anilines is 2. The lowest BCUT2D eigenvalue weighted by Crippen LogP contribution is -1.92. The summed E-state index contributed by atoms with van der Waals surface area (Å²) in [5, 5.41) is 4.21. The minimum Gasteiger partial charge on any atom is -0.354 e. The summed E-state index contributed by atoms with van der Waals surface area (Å²) in [4.78, 5) is 1.25. The quantitative estimate of drug-likeness (QED) is 0.725. The number of hydrogen-bond acceptors (Lipinski definition) is 2. The zero-order valence-corrected chi connectivity index (χ0v) is 10.1. The van der Waals surface area contributed by atoms with Crippen molar-refractivity contribution in [3.8, 4) is 0 Å². The Bertz CT molecular complexity index is 539. The number of thioether (sulfide) groups is 1. The van der Waals surface area contributed by atoms with Crippen molar-refractivity contribution in [1.29, 1.82) is 0 Å². The van der Waals surface area contributed by atoms with Crippen LogP contribution in [0.25, 0.3) is 0 Å². The summed E-state index contributed by atoms with van der Waals surface area (Å²) in [5.74, 6) is 0.998. The van der Waals surface area contributed by atoms with Crippen LogP contribution >= 0.6 is 23.4 Å². The van der Waals surface area contributed by atoms with Crippen LogP contribution in [0.5, 0.6) is 0 Å². The molecule has 0 spiro atoms. The lowest BCUT2D eigenvalue weighted by atomic mass is 10.2. The molecule has 3 rings (SSSR count). The average Bonchev–Trinajstić information content (AvgIpc) is 2.47. The first-order chi connectivity index (χ1) is 7.83. The Morgan fingerprint density at radius 2 is 1.94 bits per heavy atom. The first kappa shape index (κ1) is 10.1. The molecule has 0 radical (unpaired) electrons. The molecular weight excluding hydrogens is 238 g/mol. The highest BCUT2D eigenvalue weighted by Crippen LogP contribution is 2.39. The third-order valence-electron chi connectivity index (χ3n) is 2.61. The Morgan fingerprint density at radius 1 is 1.06 bits per heavy atom. The maximum Gasteiger partial charge on any atom is 0.0537 e. The fourth-order valence-corrected chi connectivity index (χ4v) is 2.96. The molecule has 2 aromatic rings. The smallest absolute Gasteiger partial charge is 0.0537 e. The van der Waals surface area contributed by atoms with Gasteiger partial charge in [0.15, 0.2) is 0 Å². The van der Waals surface area contributed by atoms with E-state index in [1.54, 1.807) is 0 Å². The highest BCUT2D eigenvalue weighted by molar-refractivity contribution is 7.98. The lowest BCUT2D eigenvalue weighted by molar-refractivity contribution is 1.40. The summed E-state index contributed by atoms with van der Waals surface area (Å²) in [6, 6.07) is 14.4. The van der Waals surface area contributed by atoms with Crippen molar-refractivity contribution in [3.63, 3.8) is 0 Å². The number of benzene rings is 2. The fraction of sp³-hybridized carbons (Fsp3) is 0.0769. The second-order valence-electron chi connectivity index (χ2n) is 3.71. The van der Waals surface area contributed by atoms with E-state index in [1.165, 1.54) is 16.1 Å². The summed E-state index contributed by atoms with van der Waals surface area (Å²) in [6.45, 7) is 0.